The van der Waals surface area contributed by atoms with Crippen molar-refractivity contribution in [3.63, 3.8) is 0 Å². The van der Waals surface area contributed by atoms with Gasteiger partial charge in [-0.05, 0) is 36.5 Å². The number of hydrogen-bond donors (Lipinski definition) is 0. The zero-order valence-electron chi connectivity index (χ0n) is 12.2. The Bertz CT molecular complexity index is 494. The van der Waals surface area contributed by atoms with Gasteiger partial charge in [0.2, 0.25) is 0 Å². The fourth-order valence-electron chi connectivity index (χ4n) is 2.44. The van der Waals surface area contributed by atoms with Crippen molar-refractivity contribution in [1.82, 2.24) is 0 Å². The normalized spacial score (nSPS) is 10.6. The van der Waals surface area contributed by atoms with Gasteiger partial charge in [-0.1, -0.05) is 80.3 Å². The van der Waals surface area contributed by atoms with Crippen LogP contribution in [-0.2, 0) is 6.42 Å². The van der Waals surface area contributed by atoms with Crippen LogP contribution in [-0.4, -0.2) is 0 Å². The summed E-state index contributed by atoms with van der Waals surface area (Å²) in [4.78, 5) is 0. The van der Waals surface area contributed by atoms with Gasteiger partial charge in [0.1, 0.15) is 0 Å². The highest BCUT2D eigenvalue weighted by molar-refractivity contribution is 5.64. The van der Waals surface area contributed by atoms with E-state index < -0.39 is 0 Å². The maximum absolute atomic E-state index is 2.28. The van der Waals surface area contributed by atoms with Gasteiger partial charge in [-0.2, -0.15) is 0 Å². The third kappa shape index (κ3) is 4.24. The first kappa shape index (κ1) is 13.9. The van der Waals surface area contributed by atoms with Gasteiger partial charge in [-0.15, -0.1) is 0 Å². The Kier molecular flexibility index (Phi) is 5.20. The highest BCUT2D eigenvalue weighted by Crippen LogP contribution is 2.21. The van der Waals surface area contributed by atoms with Crippen LogP contribution >= 0.6 is 0 Å². The highest BCUT2D eigenvalue weighted by atomic mass is 14.0. The zero-order chi connectivity index (χ0) is 13.5. The third-order valence-electron chi connectivity index (χ3n) is 3.62. The maximum Gasteiger partial charge on any atom is -0.0181 e. The number of unbranched alkanes of at least 4 members (excludes halogenated alkanes) is 3. The van der Waals surface area contributed by atoms with Gasteiger partial charge in [0.05, 0.1) is 0 Å². The summed E-state index contributed by atoms with van der Waals surface area (Å²) in [7, 11) is 0. The third-order valence-corrected chi connectivity index (χ3v) is 3.62. The lowest BCUT2D eigenvalue weighted by molar-refractivity contribution is 0.667. The predicted molar refractivity (Wildman–Crippen MR) is 84.5 cm³/mol. The fraction of sp³-hybridized carbons (Fsp3) is 0.368. The summed E-state index contributed by atoms with van der Waals surface area (Å²) in [6, 6.07) is 17.8. The maximum atomic E-state index is 2.28. The van der Waals surface area contributed by atoms with E-state index in [-0.39, 0.29) is 0 Å². The van der Waals surface area contributed by atoms with Crippen molar-refractivity contribution in [3.05, 3.63) is 59.7 Å². The second kappa shape index (κ2) is 7.13. The van der Waals surface area contributed by atoms with E-state index in [0.29, 0.717) is 0 Å². The van der Waals surface area contributed by atoms with Gasteiger partial charge in [0, 0.05) is 0 Å². The second-order valence-corrected chi connectivity index (χ2v) is 5.38. The Morgan fingerprint density at radius 3 is 2.26 bits per heavy atom. The molecular weight excluding hydrogens is 228 g/mol. The molecule has 0 saturated carbocycles. The van der Waals surface area contributed by atoms with Crippen LogP contribution in [0.25, 0.3) is 11.1 Å². The second-order valence-electron chi connectivity index (χ2n) is 5.38. The summed E-state index contributed by atoms with van der Waals surface area (Å²) in [6.45, 7) is 4.41. The molecule has 0 aromatic heterocycles. The molecule has 2 aromatic rings. The first-order chi connectivity index (χ1) is 9.29. The van der Waals surface area contributed by atoms with E-state index in [1.807, 2.05) is 0 Å². The number of aryl methyl sites for hydroxylation is 2. The zero-order valence-corrected chi connectivity index (χ0v) is 12.2. The summed E-state index contributed by atoms with van der Waals surface area (Å²) < 4.78 is 0. The fourth-order valence-corrected chi connectivity index (χ4v) is 2.44. The van der Waals surface area contributed by atoms with E-state index in [9.17, 15) is 0 Å². The van der Waals surface area contributed by atoms with Crippen LogP contribution in [0.3, 0.4) is 0 Å². The van der Waals surface area contributed by atoms with E-state index in [4.69, 9.17) is 0 Å². The molecule has 0 atom stereocenters. The molecule has 0 radical (unpaired) electrons. The molecule has 0 aliphatic rings. The molecule has 0 aliphatic carbocycles. The average Bonchev–Trinajstić information content (AvgIpc) is 2.44. The molecule has 0 bridgehead atoms. The molecule has 0 amide bonds. The van der Waals surface area contributed by atoms with Gasteiger partial charge in [0.15, 0.2) is 0 Å². The SMILES string of the molecule is CCCCCCc1ccc(-c2cccc(C)c2)cc1. The minimum Gasteiger partial charge on any atom is -0.0654 e. The molecule has 0 saturated heterocycles. The smallest absolute Gasteiger partial charge is 0.0181 e. The van der Waals surface area contributed by atoms with Crippen LogP contribution in [0.15, 0.2) is 48.5 Å². The van der Waals surface area contributed by atoms with Gasteiger partial charge in [-0.25, -0.2) is 0 Å². The van der Waals surface area contributed by atoms with E-state index >= 15 is 0 Å². The average molecular weight is 252 g/mol. The lowest BCUT2D eigenvalue weighted by atomic mass is 10.00. The molecule has 0 nitrogen and oxygen atoms in total. The highest BCUT2D eigenvalue weighted by Gasteiger charge is 1.98. The Balaban J connectivity index is 1.98. The molecule has 0 heterocycles. The Hall–Kier alpha value is -1.56. The summed E-state index contributed by atoms with van der Waals surface area (Å²) in [5.74, 6) is 0. The molecule has 0 aliphatic heterocycles. The van der Waals surface area contributed by atoms with Crippen molar-refractivity contribution in [2.75, 3.05) is 0 Å². The summed E-state index contributed by atoms with van der Waals surface area (Å²) >= 11 is 0. The van der Waals surface area contributed by atoms with Crippen molar-refractivity contribution >= 4 is 0 Å². The van der Waals surface area contributed by atoms with E-state index in [2.05, 4.69) is 62.4 Å². The van der Waals surface area contributed by atoms with E-state index in [0.717, 1.165) is 0 Å². The lowest BCUT2D eigenvalue weighted by Gasteiger charge is -2.05. The van der Waals surface area contributed by atoms with Crippen molar-refractivity contribution in [1.29, 1.82) is 0 Å². The molecule has 100 valence electrons. The van der Waals surface area contributed by atoms with Crippen LogP contribution < -0.4 is 0 Å². The molecule has 2 aromatic carbocycles. The van der Waals surface area contributed by atoms with Crippen molar-refractivity contribution in [2.45, 2.75) is 46.0 Å². The van der Waals surface area contributed by atoms with Gasteiger partial charge in [0.25, 0.3) is 0 Å². The minimum atomic E-state index is 1.22. The largest absolute Gasteiger partial charge is 0.0654 e. The topological polar surface area (TPSA) is 0 Å². The molecule has 19 heavy (non-hydrogen) atoms. The molecule has 0 heteroatoms. The van der Waals surface area contributed by atoms with Crippen LogP contribution in [0.1, 0.15) is 43.7 Å². The Labute approximate surface area is 117 Å². The first-order valence-electron chi connectivity index (χ1n) is 7.45. The summed E-state index contributed by atoms with van der Waals surface area (Å²) in [5, 5.41) is 0. The van der Waals surface area contributed by atoms with Crippen LogP contribution in [0, 0.1) is 6.92 Å². The van der Waals surface area contributed by atoms with E-state index in [1.54, 1.807) is 0 Å². The summed E-state index contributed by atoms with van der Waals surface area (Å²) in [5.41, 5.74) is 5.42. The van der Waals surface area contributed by atoms with Gasteiger partial charge >= 0.3 is 0 Å². The predicted octanol–water partition coefficient (Wildman–Crippen LogP) is 5.78. The molecule has 0 fully saturated rings. The van der Waals surface area contributed by atoms with Crippen LogP contribution in [0.2, 0.25) is 0 Å². The molecular formula is C19H24. The van der Waals surface area contributed by atoms with Gasteiger partial charge in [-0.3, -0.25) is 0 Å². The lowest BCUT2D eigenvalue weighted by Crippen LogP contribution is -1.86. The monoisotopic (exact) mass is 252 g/mol. The van der Waals surface area contributed by atoms with Crippen LogP contribution in [0.4, 0.5) is 0 Å². The molecule has 0 unspecified atom stereocenters. The molecule has 0 spiro atoms. The Morgan fingerprint density at radius 2 is 1.58 bits per heavy atom. The number of benzene rings is 2. The number of hydrogen-bond acceptors (Lipinski definition) is 0. The van der Waals surface area contributed by atoms with Crippen molar-refractivity contribution in [2.24, 2.45) is 0 Å². The van der Waals surface area contributed by atoms with Crippen molar-refractivity contribution in [3.8, 4) is 11.1 Å². The Morgan fingerprint density at radius 1 is 0.789 bits per heavy atom. The molecule has 0 N–H and O–H groups in total. The quantitative estimate of drug-likeness (QED) is 0.571. The molecule has 2 rings (SSSR count). The van der Waals surface area contributed by atoms with Crippen LogP contribution in [0.5, 0.6) is 0 Å². The standard InChI is InChI=1S/C19H24/c1-3-4-5-6-9-17-11-13-18(14-12-17)19-10-7-8-16(2)15-19/h7-8,10-15H,3-6,9H2,1-2H3. The number of rotatable bonds is 6. The van der Waals surface area contributed by atoms with Gasteiger partial charge < -0.3 is 0 Å². The minimum absolute atomic E-state index is 1.22. The van der Waals surface area contributed by atoms with E-state index in [1.165, 1.54) is 54.4 Å². The first-order valence-corrected chi connectivity index (χ1v) is 7.45. The summed E-state index contributed by atoms with van der Waals surface area (Å²) in [6.07, 6.45) is 6.57. The van der Waals surface area contributed by atoms with Crippen molar-refractivity contribution < 1.29 is 0 Å².